The predicted octanol–water partition coefficient (Wildman–Crippen LogP) is -8.22. The van der Waals surface area contributed by atoms with Crippen LogP contribution < -0.4 is 68.9 Å². The Kier molecular flexibility index (Phi) is 21.6. The maximum atomic E-state index is 10.8. The second-order valence-corrected chi connectivity index (χ2v) is 5.37. The van der Waals surface area contributed by atoms with E-state index in [-0.39, 0.29) is 70.1 Å². The first-order chi connectivity index (χ1) is 4.61. The Hall–Kier alpha value is 2.45. The normalized spacial score (nSPS) is 16.4. The van der Waals surface area contributed by atoms with E-state index < -0.39 is 6.64 Å². The molecule has 14 heavy (non-hydrogen) atoms. The topological polar surface area (TPSA) is 112 Å². The minimum Gasteiger partial charge on any atom is -0.821 e. The van der Waals surface area contributed by atoms with E-state index in [1.54, 1.807) is 0 Å². The van der Waals surface area contributed by atoms with Gasteiger partial charge in [-0.3, -0.25) is 0 Å². The van der Waals surface area contributed by atoms with Gasteiger partial charge in [-0.2, -0.15) is 0 Å². The summed E-state index contributed by atoms with van der Waals surface area (Å²) in [7, 11) is 0. The molecule has 0 atom stereocenters. The van der Waals surface area contributed by atoms with Crippen molar-refractivity contribution < 1.29 is 79.9 Å². The van der Waals surface area contributed by atoms with Crippen LogP contribution in [0.4, 0.5) is 0 Å². The van der Waals surface area contributed by atoms with Crippen molar-refractivity contribution in [2.24, 2.45) is 0 Å². The van der Waals surface area contributed by atoms with Crippen LogP contribution in [0.1, 0.15) is 19.3 Å². The van der Waals surface area contributed by atoms with Crippen LogP contribution in [0, 0.1) is 0 Å². The average Bonchev–Trinajstić information content (AvgIpc) is 1.88. The minimum absolute atomic E-state index is 0. The summed E-state index contributed by atoms with van der Waals surface area (Å²) in [5.41, 5.74) is 0. The van der Waals surface area contributed by atoms with Gasteiger partial charge < -0.3 is 25.4 Å². The number of piperidine rings is 1. The molecule has 1 aliphatic rings. The Labute approximate surface area is 134 Å². The monoisotopic (exact) mass is 261 g/mol. The number of nitrogens with zero attached hydrogens (tertiary/aromatic N) is 1. The molecule has 0 unspecified atom stereocenters. The van der Waals surface area contributed by atoms with E-state index in [0.717, 1.165) is 19.3 Å². The molecule has 0 aliphatic carbocycles. The van der Waals surface area contributed by atoms with Gasteiger partial charge in [0.2, 0.25) is 0 Å². The van der Waals surface area contributed by atoms with Gasteiger partial charge in [0.15, 0.2) is 0 Å². The molecule has 76 valence electrons. The molecule has 0 aromatic carbocycles. The van der Waals surface area contributed by atoms with E-state index in [9.17, 15) is 9.79 Å². The van der Waals surface area contributed by atoms with Crippen molar-refractivity contribution in [1.29, 1.82) is 0 Å². The number of rotatable bonds is 1. The average molecular weight is 261 g/mol. The largest absolute Gasteiger partial charge is 1.00 e. The van der Waals surface area contributed by atoms with Crippen molar-refractivity contribution >= 4 is 18.4 Å². The summed E-state index contributed by atoms with van der Waals surface area (Å²) in [6, 6.07) is 0. The molecule has 4 N–H and O–H groups in total. The van der Waals surface area contributed by atoms with Gasteiger partial charge in [-0.15, -0.1) is 18.4 Å². The number of hydrogen-bond donors (Lipinski definition) is 0. The Morgan fingerprint density at radius 2 is 1.29 bits per heavy atom. The number of hydrogen-bond acceptors (Lipinski definition) is 3. The second kappa shape index (κ2) is 11.9. The van der Waals surface area contributed by atoms with E-state index in [2.05, 4.69) is 11.8 Å². The minimum atomic E-state index is -3.57. The van der Waals surface area contributed by atoms with Crippen molar-refractivity contribution in [3.63, 3.8) is 0 Å². The van der Waals surface area contributed by atoms with Crippen molar-refractivity contribution in [1.82, 2.24) is 4.67 Å². The van der Waals surface area contributed by atoms with Gasteiger partial charge in [-0.05, 0) is 12.8 Å². The summed E-state index contributed by atoms with van der Waals surface area (Å²) in [5.74, 6) is 0. The van der Waals surface area contributed by atoms with Crippen LogP contribution in [0.15, 0.2) is 0 Å². The van der Waals surface area contributed by atoms with Gasteiger partial charge in [-0.25, -0.2) is 0 Å². The molecule has 1 saturated heterocycles. The second-order valence-electron chi connectivity index (χ2n) is 2.48. The molecule has 1 heterocycles. The van der Waals surface area contributed by atoms with E-state index in [4.69, 9.17) is 0 Å². The molecule has 0 radical (unpaired) electrons. The van der Waals surface area contributed by atoms with Crippen molar-refractivity contribution in [2.45, 2.75) is 19.3 Å². The third kappa shape index (κ3) is 9.66. The Bertz CT molecular complexity index is 164. The summed E-state index contributed by atoms with van der Waals surface area (Å²) in [6.07, 6.45) is 3.05. The van der Waals surface area contributed by atoms with Crippen LogP contribution in [-0.4, -0.2) is 28.7 Å². The first kappa shape index (κ1) is 25.3. The third-order valence-electron chi connectivity index (χ3n) is 1.68. The molecular weight excluding hydrogens is 247 g/mol. The summed E-state index contributed by atoms with van der Waals surface area (Å²) < 4.78 is 1.39. The summed E-state index contributed by atoms with van der Waals surface area (Å²) in [5, 5.41) is 0. The predicted molar refractivity (Wildman–Crippen MR) is 46.9 cm³/mol. The maximum Gasteiger partial charge on any atom is 1.00 e. The molecule has 0 bridgehead atoms. The van der Waals surface area contributed by atoms with Crippen LogP contribution >= 0.6 is 6.64 Å². The van der Waals surface area contributed by atoms with Crippen LogP contribution in [0.2, 0.25) is 0 Å². The van der Waals surface area contributed by atoms with Gasteiger partial charge in [0, 0.05) is 13.1 Å². The van der Waals surface area contributed by atoms with Gasteiger partial charge in [0.1, 0.15) is 0 Å². The third-order valence-corrected chi connectivity index (χ3v) is 3.46. The fourth-order valence-corrected chi connectivity index (χ4v) is 2.38. The molecule has 1 aliphatic heterocycles. The summed E-state index contributed by atoms with van der Waals surface area (Å²) >= 11 is 4.33. The zero-order valence-corrected chi connectivity index (χ0v) is 14.4. The molecular formula is C5H14NNa2O4PS. The Morgan fingerprint density at radius 3 is 1.50 bits per heavy atom. The summed E-state index contributed by atoms with van der Waals surface area (Å²) in [6.45, 7) is -2.32. The Morgan fingerprint density at radius 1 is 0.929 bits per heavy atom. The summed E-state index contributed by atoms with van der Waals surface area (Å²) in [4.78, 5) is 21.5. The molecule has 0 spiro atoms. The first-order valence-corrected chi connectivity index (χ1v) is 5.97. The zero-order valence-electron chi connectivity index (χ0n) is 8.65. The van der Waals surface area contributed by atoms with Gasteiger partial charge >= 0.3 is 59.1 Å². The molecule has 0 amide bonds. The van der Waals surface area contributed by atoms with E-state index in [1.807, 2.05) is 0 Å². The van der Waals surface area contributed by atoms with Crippen molar-refractivity contribution in [3.8, 4) is 0 Å². The van der Waals surface area contributed by atoms with E-state index in [0.29, 0.717) is 13.1 Å². The SMILES string of the molecule is O.O.[Na+].[Na+].[O-]P([O-])(=S)N1CCCCC1. The van der Waals surface area contributed by atoms with Crippen LogP contribution in [-0.2, 0) is 11.8 Å². The maximum absolute atomic E-state index is 10.8. The van der Waals surface area contributed by atoms with Gasteiger partial charge in [0.05, 0.1) is 0 Å². The fraction of sp³-hybridized carbons (Fsp3) is 1.00. The molecule has 1 rings (SSSR count). The van der Waals surface area contributed by atoms with Gasteiger partial charge in [0.25, 0.3) is 0 Å². The molecule has 0 aromatic heterocycles. The molecule has 9 heteroatoms. The van der Waals surface area contributed by atoms with E-state index in [1.165, 1.54) is 4.67 Å². The van der Waals surface area contributed by atoms with Crippen LogP contribution in [0.5, 0.6) is 0 Å². The molecule has 0 saturated carbocycles. The van der Waals surface area contributed by atoms with Crippen molar-refractivity contribution in [3.05, 3.63) is 0 Å². The van der Waals surface area contributed by atoms with Gasteiger partial charge in [-0.1, -0.05) is 6.42 Å². The fourth-order valence-electron chi connectivity index (χ4n) is 1.12. The quantitative estimate of drug-likeness (QED) is 0.344. The Balaban J connectivity index is -0.000000125. The molecule has 5 nitrogen and oxygen atoms in total. The zero-order chi connectivity index (χ0) is 7.61. The smallest absolute Gasteiger partial charge is 0.821 e. The molecule has 1 fully saturated rings. The standard InChI is InChI=1S/C5H12NO2PS.2Na.2H2O/c7-9(8,10)6-4-2-1-3-5-6;;;;/h1-5H2,(H2,7,8,10);;;2*1H2/q;2*+1;;/p-2. The van der Waals surface area contributed by atoms with Crippen LogP contribution in [0.3, 0.4) is 0 Å². The van der Waals surface area contributed by atoms with Crippen LogP contribution in [0.25, 0.3) is 0 Å². The molecule has 0 aromatic rings. The van der Waals surface area contributed by atoms with Crippen molar-refractivity contribution in [2.75, 3.05) is 13.1 Å². The first-order valence-electron chi connectivity index (χ1n) is 3.38. The van der Waals surface area contributed by atoms with E-state index >= 15 is 0 Å².